The normalized spacial score (nSPS) is 30.6. The van der Waals surface area contributed by atoms with Crippen molar-refractivity contribution in [2.75, 3.05) is 13.2 Å². The van der Waals surface area contributed by atoms with E-state index in [0.29, 0.717) is 23.6 Å². The van der Waals surface area contributed by atoms with Crippen LogP contribution in [0.2, 0.25) is 0 Å². The number of aliphatic imine (C=N–C) groups is 1. The third kappa shape index (κ3) is 2.52. The minimum Gasteiger partial charge on any atom is -0.465 e. The molecule has 0 aliphatic heterocycles. The second-order valence-electron chi connectivity index (χ2n) is 4.54. The van der Waals surface area contributed by atoms with Gasteiger partial charge in [0.2, 0.25) is 0 Å². The molecule has 18 heavy (non-hydrogen) atoms. The summed E-state index contributed by atoms with van der Waals surface area (Å²) in [5.41, 5.74) is 6.07. The van der Waals surface area contributed by atoms with Gasteiger partial charge in [0.15, 0.2) is 0 Å². The Hall–Kier alpha value is -1.46. The van der Waals surface area contributed by atoms with Crippen LogP contribution < -0.4 is 5.73 Å². The van der Waals surface area contributed by atoms with Crippen molar-refractivity contribution in [2.24, 2.45) is 22.6 Å². The van der Waals surface area contributed by atoms with E-state index in [4.69, 9.17) is 10.5 Å². The number of allylic oxidation sites excluding steroid dienone is 2. The summed E-state index contributed by atoms with van der Waals surface area (Å²) in [4.78, 5) is 15.3. The average Bonchev–Trinajstić information content (AvgIpc) is 2.98. The lowest BCUT2D eigenvalue weighted by Crippen LogP contribution is -2.17. The van der Waals surface area contributed by atoms with Gasteiger partial charge in [-0.15, -0.1) is 0 Å². The van der Waals surface area contributed by atoms with Crippen molar-refractivity contribution >= 4 is 11.7 Å². The highest BCUT2D eigenvalue weighted by Gasteiger charge is 2.50. The quantitative estimate of drug-likeness (QED) is 0.777. The number of nitrogens with zero attached hydrogens (tertiary/aromatic N) is 1. The van der Waals surface area contributed by atoms with Gasteiger partial charge in [0, 0.05) is 11.3 Å². The minimum absolute atomic E-state index is 0.122. The molecule has 0 aromatic rings. The van der Waals surface area contributed by atoms with Gasteiger partial charge in [-0.3, -0.25) is 9.79 Å². The van der Waals surface area contributed by atoms with Gasteiger partial charge in [-0.2, -0.15) is 0 Å². The van der Waals surface area contributed by atoms with Gasteiger partial charge in [-0.05, 0) is 31.6 Å². The Morgan fingerprint density at radius 2 is 2.33 bits per heavy atom. The second kappa shape index (κ2) is 5.04. The predicted octanol–water partition coefficient (Wildman–Crippen LogP) is 1.51. The fraction of sp³-hybridized carbons (Fsp3) is 0.667. The number of carbonyl (C=O) groups excluding carboxylic acids is 1. The number of fused-ring (bicyclic) bond motifs is 1. The van der Waals surface area contributed by atoms with Crippen molar-refractivity contribution in [2.45, 2.75) is 26.2 Å². The van der Waals surface area contributed by atoms with E-state index >= 15 is 0 Å². The number of carbonyl (C=O) groups is 1. The number of halogens is 2. The van der Waals surface area contributed by atoms with E-state index in [9.17, 15) is 13.6 Å². The molecule has 0 aromatic heterocycles. The molecule has 0 bridgehead atoms. The number of nitrogens with two attached hydrogens (primary N) is 1. The van der Waals surface area contributed by atoms with Gasteiger partial charge in [-0.1, -0.05) is 0 Å². The highest BCUT2D eigenvalue weighted by Crippen LogP contribution is 2.54. The van der Waals surface area contributed by atoms with Crippen molar-refractivity contribution in [3.63, 3.8) is 0 Å². The van der Waals surface area contributed by atoms with Crippen LogP contribution in [0.5, 0.6) is 0 Å². The lowest BCUT2D eigenvalue weighted by atomic mass is 10.1. The van der Waals surface area contributed by atoms with E-state index < -0.39 is 12.4 Å². The van der Waals surface area contributed by atoms with Crippen LogP contribution in [-0.2, 0) is 9.53 Å². The summed E-state index contributed by atoms with van der Waals surface area (Å²) < 4.78 is 30.0. The first-order valence-electron chi connectivity index (χ1n) is 6.01. The van der Waals surface area contributed by atoms with Crippen molar-refractivity contribution in [1.29, 1.82) is 0 Å². The maximum Gasteiger partial charge on any atom is 0.327 e. The first-order valence-corrected chi connectivity index (χ1v) is 6.01. The molecule has 2 aliphatic rings. The van der Waals surface area contributed by atoms with E-state index in [-0.39, 0.29) is 24.8 Å². The zero-order valence-corrected chi connectivity index (χ0v) is 10.2. The molecule has 2 saturated carbocycles. The third-order valence-corrected chi connectivity index (χ3v) is 3.31. The third-order valence-electron chi connectivity index (χ3n) is 3.31. The molecule has 0 heterocycles. The van der Waals surface area contributed by atoms with Crippen LogP contribution in [0.3, 0.4) is 0 Å². The van der Waals surface area contributed by atoms with E-state index in [0.717, 1.165) is 6.42 Å². The van der Waals surface area contributed by atoms with Gasteiger partial charge in [-0.25, -0.2) is 8.78 Å². The highest BCUT2D eigenvalue weighted by molar-refractivity contribution is 6.05. The number of hydrogen-bond donors (Lipinski definition) is 1. The average molecular weight is 258 g/mol. The van der Waals surface area contributed by atoms with Crippen LogP contribution in [-0.4, -0.2) is 31.3 Å². The highest BCUT2D eigenvalue weighted by atomic mass is 19.3. The number of esters is 1. The maximum absolute atomic E-state index is 12.6. The van der Waals surface area contributed by atoms with Crippen LogP contribution in [0.1, 0.15) is 19.8 Å². The summed E-state index contributed by atoms with van der Waals surface area (Å²) in [6, 6.07) is 0. The summed E-state index contributed by atoms with van der Waals surface area (Å²) in [6.07, 6.45) is -1.11. The van der Waals surface area contributed by atoms with Gasteiger partial charge in [0.1, 0.15) is 6.54 Å². The zero-order valence-electron chi connectivity index (χ0n) is 10.2. The monoisotopic (exact) mass is 258 g/mol. The molecule has 100 valence electrons. The van der Waals surface area contributed by atoms with Gasteiger partial charge in [0.25, 0.3) is 6.43 Å². The fourth-order valence-electron chi connectivity index (χ4n) is 2.41. The Labute approximate surface area is 104 Å². The fourth-order valence-corrected chi connectivity index (χ4v) is 2.41. The molecule has 2 fully saturated rings. The van der Waals surface area contributed by atoms with E-state index in [1.807, 2.05) is 0 Å². The second-order valence-corrected chi connectivity index (χ2v) is 4.54. The molecule has 2 unspecified atom stereocenters. The maximum atomic E-state index is 12.6. The van der Waals surface area contributed by atoms with Crippen molar-refractivity contribution in [1.82, 2.24) is 0 Å². The van der Waals surface area contributed by atoms with Crippen molar-refractivity contribution in [3.05, 3.63) is 11.3 Å². The molecule has 2 rings (SSSR count). The Balaban J connectivity index is 2.11. The summed E-state index contributed by atoms with van der Waals surface area (Å²) in [6.45, 7) is 1.87. The molecular formula is C12H16F2N2O2. The number of hydrogen-bond acceptors (Lipinski definition) is 4. The van der Waals surface area contributed by atoms with Crippen molar-refractivity contribution < 1.29 is 18.3 Å². The van der Waals surface area contributed by atoms with Crippen LogP contribution in [0.25, 0.3) is 0 Å². The Bertz CT molecular complexity index is 418. The predicted molar refractivity (Wildman–Crippen MR) is 62.4 cm³/mol. The minimum atomic E-state index is -2.66. The van der Waals surface area contributed by atoms with E-state index in [1.165, 1.54) is 0 Å². The lowest BCUT2D eigenvalue weighted by Gasteiger charge is -2.09. The van der Waals surface area contributed by atoms with Crippen LogP contribution in [0.4, 0.5) is 8.78 Å². The molecule has 0 spiro atoms. The summed E-state index contributed by atoms with van der Waals surface area (Å²) in [5.74, 6) is 0.0683. The largest absolute Gasteiger partial charge is 0.465 e. The standard InChI is InChI=1S/C12H16F2N2O2/c1-2-18-9(17)5-16-8-4-6-3-7(6)10(8)11(15)12(13)14/h6-7,12H,2-5,15H2,1H3. The number of ether oxygens (including phenoxy) is 1. The Kier molecular flexibility index (Phi) is 3.63. The summed E-state index contributed by atoms with van der Waals surface area (Å²) >= 11 is 0. The van der Waals surface area contributed by atoms with E-state index in [2.05, 4.69) is 4.99 Å². The van der Waals surface area contributed by atoms with Gasteiger partial charge < -0.3 is 10.5 Å². The first-order chi connectivity index (χ1) is 8.54. The smallest absolute Gasteiger partial charge is 0.327 e. The summed E-state index contributed by atoms with van der Waals surface area (Å²) in [5, 5.41) is 0. The molecular weight excluding hydrogens is 242 g/mol. The van der Waals surface area contributed by atoms with E-state index in [1.54, 1.807) is 6.92 Å². The molecule has 6 heteroatoms. The number of rotatable bonds is 4. The summed E-state index contributed by atoms with van der Waals surface area (Å²) in [7, 11) is 0. The van der Waals surface area contributed by atoms with Crippen LogP contribution >= 0.6 is 0 Å². The van der Waals surface area contributed by atoms with Gasteiger partial charge >= 0.3 is 5.97 Å². The Morgan fingerprint density at radius 3 is 2.94 bits per heavy atom. The molecule has 0 radical (unpaired) electrons. The Morgan fingerprint density at radius 1 is 1.61 bits per heavy atom. The molecule has 2 N–H and O–H groups in total. The van der Waals surface area contributed by atoms with Crippen LogP contribution in [0.15, 0.2) is 16.3 Å². The molecule has 0 saturated heterocycles. The molecule has 0 aromatic carbocycles. The van der Waals surface area contributed by atoms with Gasteiger partial charge in [0.05, 0.1) is 12.3 Å². The molecule has 2 aliphatic carbocycles. The molecule has 2 atom stereocenters. The topological polar surface area (TPSA) is 64.7 Å². The molecule has 0 amide bonds. The molecule has 4 nitrogen and oxygen atoms in total. The lowest BCUT2D eigenvalue weighted by molar-refractivity contribution is -0.141. The number of alkyl halides is 2. The first kappa shape index (κ1) is 13.0. The van der Waals surface area contributed by atoms with Crippen LogP contribution in [0, 0.1) is 11.8 Å². The SMILES string of the molecule is CCOC(=O)CN=C1CC2CC2C1=C(N)C(F)F. The van der Waals surface area contributed by atoms with Crippen molar-refractivity contribution in [3.8, 4) is 0 Å². The zero-order chi connectivity index (χ0) is 13.3.